The van der Waals surface area contributed by atoms with Crippen molar-refractivity contribution in [2.45, 2.75) is 25.9 Å². The number of hydrogen-bond donors (Lipinski definition) is 0. The fraction of sp³-hybridized carbons (Fsp3) is 0.0541. The zero-order valence-corrected chi connectivity index (χ0v) is 47.7. The third-order valence-electron chi connectivity index (χ3n) is 17.5. The minimum absolute atomic E-state index is 0.0300. The monoisotopic (exact) mass is 1160 g/mol. The number of hydrogen-bond acceptors (Lipinski definition) is 8. The Hall–Kier alpha value is -11.7. The van der Waals surface area contributed by atoms with E-state index in [1.54, 1.807) is 49.6 Å². The maximum Gasteiger partial charge on any atom is 0.420 e. The van der Waals surface area contributed by atoms with E-state index in [9.17, 15) is 0 Å². The van der Waals surface area contributed by atoms with Crippen LogP contribution in [0.25, 0.3) is 154 Å². The van der Waals surface area contributed by atoms with Crippen LogP contribution in [0.15, 0.2) is 245 Å². The van der Waals surface area contributed by atoms with Crippen LogP contribution in [-0.2, 0) is 6.18 Å². The van der Waals surface area contributed by atoms with E-state index in [0.717, 1.165) is 87.6 Å². The molecule has 8 heterocycles. The third kappa shape index (κ3) is 7.94. The first-order valence-electron chi connectivity index (χ1n) is 29.1. The topological polar surface area (TPSA) is 123 Å². The molecule has 0 radical (unpaired) electrons. The first kappa shape index (κ1) is 51.7. The second-order valence-electron chi connectivity index (χ2n) is 22.7. The van der Waals surface area contributed by atoms with Crippen LogP contribution in [0.3, 0.4) is 0 Å². The van der Waals surface area contributed by atoms with Crippen molar-refractivity contribution in [3.63, 3.8) is 0 Å². The van der Waals surface area contributed by atoms with Crippen LogP contribution in [0, 0.1) is 0 Å². The average Bonchev–Trinajstić information content (AvgIpc) is 1.68. The summed E-state index contributed by atoms with van der Waals surface area (Å²) in [5.41, 5.74) is 12.1. The van der Waals surface area contributed by atoms with Crippen molar-refractivity contribution < 1.29 is 13.2 Å². The number of nitrogens with zero attached hydrogens (tertiary/aromatic N) is 12. The molecule has 0 aliphatic carbocycles. The predicted octanol–water partition coefficient (Wildman–Crippen LogP) is 18.0. The summed E-state index contributed by atoms with van der Waals surface area (Å²) >= 11 is 0. The molecule has 9 aromatic carbocycles. The Kier molecular flexibility index (Phi) is 11.6. The highest BCUT2D eigenvalue weighted by Gasteiger charge is 2.45. The molecule has 0 bridgehead atoms. The highest BCUT2D eigenvalue weighted by atomic mass is 19.4. The molecule has 0 unspecified atom stereocenters. The molecule has 424 valence electrons. The Morgan fingerprint density at radius 2 is 0.517 bits per heavy atom. The zero-order chi connectivity index (χ0) is 59.6. The second-order valence-corrected chi connectivity index (χ2v) is 22.7. The van der Waals surface area contributed by atoms with Gasteiger partial charge in [-0.25, -0.2) is 39.9 Å². The van der Waals surface area contributed by atoms with Gasteiger partial charge < -0.3 is 18.3 Å². The summed E-state index contributed by atoms with van der Waals surface area (Å²) in [5, 5.41) is 6.45. The smallest absolute Gasteiger partial charge is 0.307 e. The van der Waals surface area contributed by atoms with E-state index in [1.807, 2.05) is 155 Å². The average molecular weight is 1160 g/mol. The van der Waals surface area contributed by atoms with Crippen molar-refractivity contribution in [1.82, 2.24) is 58.1 Å². The summed E-state index contributed by atoms with van der Waals surface area (Å²) in [6, 6.07) is 55.7. The molecule has 8 aromatic heterocycles. The molecule has 89 heavy (non-hydrogen) atoms. The summed E-state index contributed by atoms with van der Waals surface area (Å²) in [7, 11) is 0. The van der Waals surface area contributed by atoms with Gasteiger partial charge in [-0.05, 0) is 101 Å². The van der Waals surface area contributed by atoms with E-state index in [-0.39, 0.29) is 11.4 Å². The Labute approximate surface area is 505 Å². The molecule has 0 aliphatic rings. The maximum absolute atomic E-state index is 18.8. The van der Waals surface area contributed by atoms with E-state index in [0.29, 0.717) is 61.1 Å². The number of rotatable bonds is 9. The van der Waals surface area contributed by atoms with Crippen LogP contribution in [0.5, 0.6) is 0 Å². The van der Waals surface area contributed by atoms with Gasteiger partial charge in [0.25, 0.3) is 0 Å². The number of fused-ring (bicyclic) bond motifs is 12. The Bertz CT molecular complexity index is 5060. The van der Waals surface area contributed by atoms with E-state index >= 15 is 13.2 Å². The predicted molar refractivity (Wildman–Crippen MR) is 347 cm³/mol. The molecule has 0 fully saturated rings. The minimum Gasteiger partial charge on any atom is -0.307 e. The number of benzene rings is 9. The van der Waals surface area contributed by atoms with Crippen molar-refractivity contribution in [2.24, 2.45) is 0 Å². The van der Waals surface area contributed by atoms with Crippen molar-refractivity contribution >= 4 is 87.2 Å². The zero-order valence-electron chi connectivity index (χ0n) is 47.7. The molecule has 0 saturated carbocycles. The highest BCUT2D eigenvalue weighted by molar-refractivity contribution is 6.17. The van der Waals surface area contributed by atoms with Crippen LogP contribution >= 0.6 is 0 Å². The number of para-hydroxylation sites is 4. The lowest BCUT2D eigenvalue weighted by Gasteiger charge is -2.32. The number of halogens is 3. The van der Waals surface area contributed by atoms with E-state index in [2.05, 4.69) is 87.1 Å². The van der Waals surface area contributed by atoms with Crippen LogP contribution in [-0.4, -0.2) is 58.1 Å². The normalized spacial score (nSPS) is 12.2. The molecule has 0 N–H and O–H groups in total. The summed E-state index contributed by atoms with van der Waals surface area (Å²) < 4.78 is 64.3. The first-order valence-corrected chi connectivity index (χ1v) is 29.1. The SMILES string of the molecule is CC(C)c1c(-n2c3ccc(-c4cncnc4)cc3c3cc(-c4cncnc4)ccc32)c(-n2c3ccccc3c3ccccc32)c(C(F)(F)F)c(-n2c3ccccc3c3ccccc32)c1-n1c2ccc(-c3cncnc3)cc2c2cc(-c3cncnc3)ccc21. The summed E-state index contributed by atoms with van der Waals surface area (Å²) in [6.45, 7) is 4.20. The van der Waals surface area contributed by atoms with Crippen molar-refractivity contribution in [1.29, 1.82) is 0 Å². The largest absolute Gasteiger partial charge is 0.420 e. The van der Waals surface area contributed by atoms with Gasteiger partial charge >= 0.3 is 6.18 Å². The Morgan fingerprint density at radius 3 is 0.764 bits per heavy atom. The van der Waals surface area contributed by atoms with Gasteiger partial charge in [-0.15, -0.1) is 0 Å². The fourth-order valence-electron chi connectivity index (χ4n) is 13.8. The number of aromatic nitrogens is 12. The van der Waals surface area contributed by atoms with Gasteiger partial charge in [0.2, 0.25) is 0 Å². The molecular formula is C74H47F3N12. The summed E-state index contributed by atoms with van der Waals surface area (Å²) in [5.74, 6) is -0.482. The highest BCUT2D eigenvalue weighted by Crippen LogP contribution is 2.55. The maximum atomic E-state index is 18.8. The molecule has 17 aromatic rings. The molecule has 17 rings (SSSR count). The molecule has 0 atom stereocenters. The molecule has 0 aliphatic heterocycles. The lowest BCUT2D eigenvalue weighted by molar-refractivity contribution is -0.137. The summed E-state index contributed by atoms with van der Waals surface area (Å²) in [6.07, 6.45) is 15.1. The van der Waals surface area contributed by atoms with Crippen molar-refractivity contribution in [3.8, 4) is 67.3 Å². The van der Waals surface area contributed by atoms with Crippen LogP contribution in [0.2, 0.25) is 0 Å². The molecule has 15 heteroatoms. The van der Waals surface area contributed by atoms with Gasteiger partial charge in [-0.1, -0.05) is 111 Å². The lowest BCUT2D eigenvalue weighted by atomic mass is 9.91. The van der Waals surface area contributed by atoms with Crippen molar-refractivity contribution in [3.05, 3.63) is 256 Å². The first-order chi connectivity index (χ1) is 43.7. The van der Waals surface area contributed by atoms with Crippen LogP contribution < -0.4 is 0 Å². The van der Waals surface area contributed by atoms with Gasteiger partial charge in [0.1, 0.15) is 30.9 Å². The third-order valence-corrected chi connectivity index (χ3v) is 17.5. The fourth-order valence-corrected chi connectivity index (χ4v) is 13.8. The quantitative estimate of drug-likeness (QED) is 0.140. The Morgan fingerprint density at radius 1 is 0.281 bits per heavy atom. The molecule has 12 nitrogen and oxygen atoms in total. The van der Waals surface area contributed by atoms with Crippen LogP contribution in [0.1, 0.15) is 30.9 Å². The van der Waals surface area contributed by atoms with Gasteiger partial charge in [-0.3, -0.25) is 0 Å². The standard InChI is InChI=1S/C74H47F3N12/c1-43(2)68-70(86-64-23-19-44(48-31-78-39-79-32-48)27-56(64)57-28-45(20-24-65(57)86)49-33-80-40-81-34-49)72(88-60-15-7-3-11-52(60)53-12-4-8-16-61(53)88)69(74(75,76)77)73(89-62-17-9-5-13-54(62)55-14-6-10-18-63(55)89)71(68)87-66-25-21-46(50-35-82-41-83-36-50)29-58(66)59-30-47(22-26-67(59)87)51-37-84-42-85-38-51/h3-43H,1-2H3. The second kappa shape index (κ2) is 19.9. The lowest BCUT2D eigenvalue weighted by Crippen LogP contribution is -2.23. The minimum atomic E-state index is -5.07. The Balaban J connectivity index is 1.16. The van der Waals surface area contributed by atoms with Crippen LogP contribution in [0.4, 0.5) is 13.2 Å². The van der Waals surface area contributed by atoms with E-state index in [4.69, 9.17) is 0 Å². The van der Waals surface area contributed by atoms with Crippen molar-refractivity contribution in [2.75, 3.05) is 0 Å². The number of alkyl halides is 3. The molecule has 0 saturated heterocycles. The van der Waals surface area contributed by atoms with E-state index in [1.165, 1.54) is 25.3 Å². The van der Waals surface area contributed by atoms with Gasteiger partial charge in [0, 0.05) is 120 Å². The molecule has 0 amide bonds. The van der Waals surface area contributed by atoms with E-state index < -0.39 is 17.7 Å². The molecular weight excluding hydrogens is 1110 g/mol. The van der Waals surface area contributed by atoms with Gasteiger partial charge in [-0.2, -0.15) is 13.2 Å². The molecule has 0 spiro atoms. The van der Waals surface area contributed by atoms with Gasteiger partial charge in [0.15, 0.2) is 0 Å². The van der Waals surface area contributed by atoms with Gasteiger partial charge in [0.05, 0.1) is 66.9 Å². The summed E-state index contributed by atoms with van der Waals surface area (Å²) in [4.78, 5) is 35.1.